The number of benzene rings is 2. The number of allylic oxidation sites excluding steroid dienone is 1. The lowest BCUT2D eigenvalue weighted by Crippen LogP contribution is -2.39. The van der Waals surface area contributed by atoms with Crippen LogP contribution in [0.4, 0.5) is 5.69 Å². The number of methoxy groups -OCH3 is 2. The lowest BCUT2D eigenvalue weighted by Gasteiger charge is -2.30. The summed E-state index contributed by atoms with van der Waals surface area (Å²) in [6.07, 6.45) is 0. The van der Waals surface area contributed by atoms with E-state index in [0.717, 1.165) is 9.87 Å². The molecule has 0 unspecified atom stereocenters. The first-order chi connectivity index (χ1) is 13.7. The number of carbonyl (C=O) groups excluding carboxylic acids is 1. The van der Waals surface area contributed by atoms with Crippen LogP contribution in [0.2, 0.25) is 0 Å². The highest BCUT2D eigenvalue weighted by molar-refractivity contribution is 7.97. The van der Waals surface area contributed by atoms with Gasteiger partial charge in [-0.2, -0.15) is 0 Å². The number of carbonyl (C=O) groups is 1. The number of fused-ring (bicyclic) bond motifs is 1. The predicted molar refractivity (Wildman–Crippen MR) is 112 cm³/mol. The minimum absolute atomic E-state index is 0.275. The van der Waals surface area contributed by atoms with Gasteiger partial charge in [-0.1, -0.05) is 30.3 Å². The van der Waals surface area contributed by atoms with Crippen LogP contribution in [-0.2, 0) is 14.8 Å². The van der Waals surface area contributed by atoms with E-state index in [4.69, 9.17) is 9.47 Å². The summed E-state index contributed by atoms with van der Waals surface area (Å²) in [5, 5.41) is 2.80. The Labute approximate surface area is 171 Å². The van der Waals surface area contributed by atoms with E-state index in [1.807, 2.05) is 37.3 Å². The van der Waals surface area contributed by atoms with E-state index in [0.29, 0.717) is 28.3 Å². The molecule has 154 valence electrons. The first-order valence-corrected chi connectivity index (χ1v) is 10.5. The third-order valence-corrected chi connectivity index (χ3v) is 6.98. The summed E-state index contributed by atoms with van der Waals surface area (Å²) < 4.78 is 38.0. The lowest BCUT2D eigenvalue weighted by atomic mass is 10.0. The second-order valence-corrected chi connectivity index (χ2v) is 8.66. The number of nitrogens with one attached hydrogen (secondary N) is 1. The van der Waals surface area contributed by atoms with Crippen LogP contribution in [0.15, 0.2) is 47.4 Å². The van der Waals surface area contributed by atoms with Gasteiger partial charge in [0, 0.05) is 18.7 Å². The molecule has 7 nitrogen and oxygen atoms in total. The van der Waals surface area contributed by atoms with E-state index in [1.54, 1.807) is 19.1 Å². The summed E-state index contributed by atoms with van der Waals surface area (Å²) in [4.78, 5) is 12.7. The van der Waals surface area contributed by atoms with Gasteiger partial charge in [-0.05, 0) is 31.1 Å². The third-order valence-electron chi connectivity index (χ3n) is 5.06. The summed E-state index contributed by atoms with van der Waals surface area (Å²) in [7, 11) is 0.367. The number of nitrogens with zero attached hydrogens (tertiary/aromatic N) is 1. The Bertz CT molecular complexity index is 1080. The van der Waals surface area contributed by atoms with Gasteiger partial charge in [0.25, 0.3) is 15.9 Å². The van der Waals surface area contributed by atoms with E-state index in [1.165, 1.54) is 21.3 Å². The molecule has 1 aliphatic heterocycles. The van der Waals surface area contributed by atoms with Crippen molar-refractivity contribution in [3.8, 4) is 11.5 Å². The normalized spacial score (nSPS) is 16.1. The van der Waals surface area contributed by atoms with Crippen LogP contribution in [0.25, 0.3) is 5.57 Å². The van der Waals surface area contributed by atoms with Crippen LogP contribution in [0.3, 0.4) is 0 Å². The predicted octanol–water partition coefficient (Wildman–Crippen LogP) is 3.09. The molecule has 1 atom stereocenters. The number of rotatable bonds is 5. The minimum atomic E-state index is -4.03. The molecule has 1 N–H and O–H groups in total. The first-order valence-electron chi connectivity index (χ1n) is 9.04. The van der Waals surface area contributed by atoms with Gasteiger partial charge >= 0.3 is 0 Å². The zero-order valence-electron chi connectivity index (χ0n) is 17.0. The standard InChI is InChI=1S/C21H24N2O5S/c1-13-16-11-18(27-4)19(28-5)12-17(16)23(3)29(25,26)20(13)21(24)22-14(2)15-9-7-6-8-10-15/h6-12,14H,1-5H3,(H,22,24)/t14-/m0/s1. The zero-order valence-corrected chi connectivity index (χ0v) is 17.8. The van der Waals surface area contributed by atoms with Crippen LogP contribution < -0.4 is 19.1 Å². The van der Waals surface area contributed by atoms with Gasteiger partial charge in [-0.3, -0.25) is 9.10 Å². The van der Waals surface area contributed by atoms with Gasteiger partial charge in [0.1, 0.15) is 0 Å². The van der Waals surface area contributed by atoms with E-state index in [2.05, 4.69) is 5.32 Å². The maximum atomic E-state index is 13.1. The third kappa shape index (κ3) is 3.55. The highest BCUT2D eigenvalue weighted by Gasteiger charge is 2.38. The second kappa shape index (κ2) is 7.79. The molecule has 29 heavy (non-hydrogen) atoms. The Kier molecular flexibility index (Phi) is 5.57. The average molecular weight is 416 g/mol. The fraction of sp³-hybridized carbons (Fsp3) is 0.286. The number of anilines is 1. The number of hydrogen-bond acceptors (Lipinski definition) is 5. The molecule has 1 heterocycles. The Balaban J connectivity index is 2.09. The topological polar surface area (TPSA) is 84.9 Å². The summed E-state index contributed by atoms with van der Waals surface area (Å²) in [5.41, 5.74) is 2.26. The van der Waals surface area contributed by atoms with Crippen LogP contribution in [-0.4, -0.2) is 35.6 Å². The van der Waals surface area contributed by atoms with E-state index >= 15 is 0 Å². The largest absolute Gasteiger partial charge is 0.493 e. The molecular formula is C21H24N2O5S. The van der Waals surface area contributed by atoms with Crippen molar-refractivity contribution >= 4 is 27.2 Å². The SMILES string of the molecule is COc1cc2c(cc1OC)N(C)S(=O)(=O)C(C(=O)N[C@@H](C)c1ccccc1)=C2C. The molecule has 0 radical (unpaired) electrons. The molecule has 2 aromatic rings. The molecule has 0 saturated heterocycles. The lowest BCUT2D eigenvalue weighted by molar-refractivity contribution is -0.117. The Morgan fingerprint density at radius 3 is 2.24 bits per heavy atom. The molecule has 0 bridgehead atoms. The van der Waals surface area contributed by atoms with Crippen molar-refractivity contribution in [2.45, 2.75) is 19.9 Å². The summed E-state index contributed by atoms with van der Waals surface area (Å²) in [6.45, 7) is 3.43. The molecule has 0 saturated carbocycles. The molecular weight excluding hydrogens is 392 g/mol. The molecule has 3 rings (SSSR count). The Morgan fingerprint density at radius 2 is 1.66 bits per heavy atom. The first kappa shape index (κ1) is 20.7. The molecule has 8 heteroatoms. The van der Waals surface area contributed by atoms with Gasteiger partial charge in [-0.25, -0.2) is 8.42 Å². The van der Waals surface area contributed by atoms with Crippen LogP contribution in [0.1, 0.15) is 31.0 Å². The molecule has 1 amide bonds. The molecule has 2 aromatic carbocycles. The maximum absolute atomic E-state index is 13.1. The van der Waals surface area contributed by atoms with Crippen molar-refractivity contribution < 1.29 is 22.7 Å². The molecule has 0 aromatic heterocycles. The maximum Gasteiger partial charge on any atom is 0.269 e. The van der Waals surface area contributed by atoms with Crippen molar-refractivity contribution in [2.75, 3.05) is 25.6 Å². The fourth-order valence-corrected chi connectivity index (χ4v) is 4.86. The smallest absolute Gasteiger partial charge is 0.269 e. The Hall–Kier alpha value is -3.00. The van der Waals surface area contributed by atoms with E-state index in [9.17, 15) is 13.2 Å². The fourth-order valence-electron chi connectivity index (χ4n) is 3.39. The highest BCUT2D eigenvalue weighted by Crippen LogP contribution is 2.44. The van der Waals surface area contributed by atoms with Gasteiger partial charge < -0.3 is 14.8 Å². The van der Waals surface area contributed by atoms with E-state index < -0.39 is 15.9 Å². The van der Waals surface area contributed by atoms with Gasteiger partial charge in [-0.15, -0.1) is 0 Å². The second-order valence-electron chi connectivity index (χ2n) is 6.76. The molecule has 0 aliphatic carbocycles. The van der Waals surface area contributed by atoms with Crippen molar-refractivity contribution in [3.05, 3.63) is 58.5 Å². The zero-order chi connectivity index (χ0) is 21.3. The quantitative estimate of drug-likeness (QED) is 0.810. The summed E-state index contributed by atoms with van der Waals surface area (Å²) >= 11 is 0. The van der Waals surface area contributed by atoms with Crippen molar-refractivity contribution in [1.82, 2.24) is 5.32 Å². The number of ether oxygens (including phenoxy) is 2. The minimum Gasteiger partial charge on any atom is -0.493 e. The molecule has 1 aliphatic rings. The van der Waals surface area contributed by atoms with Crippen LogP contribution in [0, 0.1) is 0 Å². The van der Waals surface area contributed by atoms with Crippen molar-refractivity contribution in [3.63, 3.8) is 0 Å². The molecule has 0 spiro atoms. The van der Waals surface area contributed by atoms with E-state index in [-0.39, 0.29) is 10.9 Å². The molecule has 0 fully saturated rings. The van der Waals surface area contributed by atoms with Gasteiger partial charge in [0.15, 0.2) is 16.4 Å². The number of sulfonamides is 1. The van der Waals surface area contributed by atoms with Gasteiger partial charge in [0.2, 0.25) is 0 Å². The number of amides is 1. The van der Waals surface area contributed by atoms with Crippen LogP contribution in [0.5, 0.6) is 11.5 Å². The van der Waals surface area contributed by atoms with Crippen LogP contribution >= 0.6 is 0 Å². The summed E-state index contributed by atoms with van der Waals surface area (Å²) in [6, 6.07) is 12.3. The number of hydrogen-bond donors (Lipinski definition) is 1. The summed E-state index contributed by atoms with van der Waals surface area (Å²) in [5.74, 6) is 0.216. The Morgan fingerprint density at radius 1 is 1.07 bits per heavy atom. The highest BCUT2D eigenvalue weighted by atomic mass is 32.2. The van der Waals surface area contributed by atoms with Crippen molar-refractivity contribution in [1.29, 1.82) is 0 Å². The average Bonchev–Trinajstić information content (AvgIpc) is 2.71. The van der Waals surface area contributed by atoms with Gasteiger partial charge in [0.05, 0.1) is 25.9 Å². The monoisotopic (exact) mass is 416 g/mol. The van der Waals surface area contributed by atoms with Crippen molar-refractivity contribution in [2.24, 2.45) is 0 Å².